The summed E-state index contributed by atoms with van der Waals surface area (Å²) in [6.07, 6.45) is -0.731. The Morgan fingerprint density at radius 2 is 1.78 bits per heavy atom. The number of anilines is 1. The molecule has 1 aliphatic rings. The highest BCUT2D eigenvalue weighted by atomic mass is 16.6. The Balaban J connectivity index is 1.65. The van der Waals surface area contributed by atoms with Gasteiger partial charge in [-0.15, -0.1) is 0 Å². The van der Waals surface area contributed by atoms with Gasteiger partial charge in [0.15, 0.2) is 11.5 Å². The quantitative estimate of drug-likeness (QED) is 0.880. The molecule has 6 heteroatoms. The van der Waals surface area contributed by atoms with Crippen LogP contribution in [0.3, 0.4) is 0 Å². The second-order valence-electron chi connectivity index (χ2n) is 4.92. The molecule has 6 nitrogen and oxygen atoms in total. The number of carbonyl (C=O) groups excluding carboxylic acids is 2. The van der Waals surface area contributed by atoms with Crippen molar-refractivity contribution in [1.82, 2.24) is 0 Å². The van der Waals surface area contributed by atoms with E-state index in [-0.39, 0.29) is 12.5 Å². The van der Waals surface area contributed by atoms with Crippen molar-refractivity contribution in [2.45, 2.75) is 6.10 Å². The van der Waals surface area contributed by atoms with Gasteiger partial charge < -0.3 is 19.5 Å². The molecular formula is C17H15NO5. The molecule has 1 heterocycles. The first kappa shape index (κ1) is 14.9. The molecule has 0 saturated carbocycles. The van der Waals surface area contributed by atoms with Gasteiger partial charge in [0.2, 0.25) is 6.10 Å². The van der Waals surface area contributed by atoms with Gasteiger partial charge in [0.05, 0.1) is 12.7 Å². The van der Waals surface area contributed by atoms with Gasteiger partial charge in [0.25, 0.3) is 5.91 Å². The van der Waals surface area contributed by atoms with Crippen LogP contribution < -0.4 is 14.8 Å². The number of benzene rings is 2. The molecule has 2 aromatic rings. The van der Waals surface area contributed by atoms with E-state index >= 15 is 0 Å². The number of carbonyl (C=O) groups is 2. The van der Waals surface area contributed by atoms with E-state index in [9.17, 15) is 9.59 Å². The molecule has 2 aromatic carbocycles. The Bertz CT molecular complexity index is 726. The van der Waals surface area contributed by atoms with Crippen LogP contribution in [0.2, 0.25) is 0 Å². The molecular weight excluding hydrogens is 298 g/mol. The lowest BCUT2D eigenvalue weighted by Gasteiger charge is -2.25. The van der Waals surface area contributed by atoms with Gasteiger partial charge in [-0.1, -0.05) is 12.1 Å². The van der Waals surface area contributed by atoms with Crippen molar-refractivity contribution < 1.29 is 23.8 Å². The first-order chi connectivity index (χ1) is 11.2. The fourth-order valence-corrected chi connectivity index (χ4v) is 2.18. The summed E-state index contributed by atoms with van der Waals surface area (Å²) in [5.74, 6) is 0.424. The zero-order valence-corrected chi connectivity index (χ0v) is 12.4. The topological polar surface area (TPSA) is 73.9 Å². The Labute approximate surface area is 133 Å². The van der Waals surface area contributed by atoms with Crippen LogP contribution in [0.4, 0.5) is 5.69 Å². The third-order valence-electron chi connectivity index (χ3n) is 3.37. The second kappa shape index (κ2) is 6.39. The van der Waals surface area contributed by atoms with Crippen molar-refractivity contribution in [2.75, 3.05) is 19.0 Å². The van der Waals surface area contributed by atoms with Crippen molar-refractivity contribution in [3.05, 3.63) is 54.1 Å². The molecule has 0 aliphatic carbocycles. The fraction of sp³-hybridized carbons (Fsp3) is 0.176. The van der Waals surface area contributed by atoms with E-state index < -0.39 is 12.1 Å². The average Bonchev–Trinajstić information content (AvgIpc) is 2.61. The first-order valence-electron chi connectivity index (χ1n) is 7.05. The molecule has 0 aromatic heterocycles. The van der Waals surface area contributed by atoms with Gasteiger partial charge in [0, 0.05) is 5.69 Å². The van der Waals surface area contributed by atoms with Gasteiger partial charge >= 0.3 is 5.97 Å². The molecule has 0 fully saturated rings. The number of fused-ring (bicyclic) bond motifs is 1. The average molecular weight is 313 g/mol. The standard InChI is InChI=1S/C17H15NO5/c1-21-17(20)11-6-8-12(9-7-11)18-16(19)15-10-22-13-4-2-3-5-14(13)23-15/h2-9,15H,10H2,1H3,(H,18,19). The number of esters is 1. The third kappa shape index (κ3) is 3.26. The van der Waals surface area contributed by atoms with Crippen LogP contribution in [-0.4, -0.2) is 31.7 Å². The number of para-hydroxylation sites is 2. The number of methoxy groups -OCH3 is 1. The van der Waals surface area contributed by atoms with E-state index in [1.54, 1.807) is 36.4 Å². The number of ether oxygens (including phenoxy) is 3. The van der Waals surface area contributed by atoms with Crippen LogP contribution in [0.15, 0.2) is 48.5 Å². The number of hydrogen-bond donors (Lipinski definition) is 1. The third-order valence-corrected chi connectivity index (χ3v) is 3.37. The van der Waals surface area contributed by atoms with Crippen molar-refractivity contribution in [2.24, 2.45) is 0 Å². The monoisotopic (exact) mass is 313 g/mol. The summed E-state index contributed by atoms with van der Waals surface area (Å²) < 4.78 is 15.8. The van der Waals surface area contributed by atoms with Crippen molar-refractivity contribution in [3.8, 4) is 11.5 Å². The second-order valence-corrected chi connectivity index (χ2v) is 4.92. The minimum absolute atomic E-state index is 0.142. The number of rotatable bonds is 3. The molecule has 0 radical (unpaired) electrons. The van der Waals surface area contributed by atoms with E-state index in [1.807, 2.05) is 12.1 Å². The van der Waals surface area contributed by atoms with E-state index in [1.165, 1.54) is 7.11 Å². The molecule has 3 rings (SSSR count). The summed E-state index contributed by atoms with van der Waals surface area (Å²) in [6.45, 7) is 0.142. The van der Waals surface area contributed by atoms with Gasteiger partial charge in [0.1, 0.15) is 6.61 Å². The highest BCUT2D eigenvalue weighted by molar-refractivity contribution is 5.95. The zero-order chi connectivity index (χ0) is 16.2. The number of nitrogens with one attached hydrogen (secondary N) is 1. The molecule has 23 heavy (non-hydrogen) atoms. The van der Waals surface area contributed by atoms with Crippen LogP contribution in [0.1, 0.15) is 10.4 Å². The highest BCUT2D eigenvalue weighted by Gasteiger charge is 2.27. The SMILES string of the molecule is COC(=O)c1ccc(NC(=O)C2COc3ccccc3O2)cc1. The van der Waals surface area contributed by atoms with Crippen LogP contribution in [-0.2, 0) is 9.53 Å². The maximum absolute atomic E-state index is 12.2. The van der Waals surface area contributed by atoms with E-state index in [0.717, 1.165) is 0 Å². The van der Waals surface area contributed by atoms with Gasteiger partial charge in [-0.3, -0.25) is 4.79 Å². The summed E-state index contributed by atoms with van der Waals surface area (Å²) in [4.78, 5) is 23.6. The Morgan fingerprint density at radius 1 is 1.09 bits per heavy atom. The molecule has 1 unspecified atom stereocenters. The fourth-order valence-electron chi connectivity index (χ4n) is 2.18. The predicted octanol–water partition coefficient (Wildman–Crippen LogP) is 2.25. The summed E-state index contributed by atoms with van der Waals surface area (Å²) in [7, 11) is 1.32. The maximum atomic E-state index is 12.2. The molecule has 118 valence electrons. The van der Waals surface area contributed by atoms with E-state index in [2.05, 4.69) is 10.1 Å². The van der Waals surface area contributed by atoms with Gasteiger partial charge in [-0.05, 0) is 36.4 Å². The Kier molecular flexibility index (Phi) is 4.14. The Morgan fingerprint density at radius 3 is 2.48 bits per heavy atom. The molecule has 1 N–H and O–H groups in total. The minimum Gasteiger partial charge on any atom is -0.485 e. The zero-order valence-electron chi connectivity index (χ0n) is 12.4. The molecule has 0 spiro atoms. The summed E-state index contributed by atoms with van der Waals surface area (Å²) in [5.41, 5.74) is 0.974. The molecule has 0 bridgehead atoms. The minimum atomic E-state index is -0.731. The molecule has 1 atom stereocenters. The van der Waals surface area contributed by atoms with E-state index in [0.29, 0.717) is 22.7 Å². The van der Waals surface area contributed by atoms with Crippen molar-refractivity contribution >= 4 is 17.6 Å². The first-order valence-corrected chi connectivity index (χ1v) is 7.05. The maximum Gasteiger partial charge on any atom is 0.337 e. The van der Waals surface area contributed by atoms with Crippen LogP contribution in [0.25, 0.3) is 0 Å². The lowest BCUT2D eigenvalue weighted by Crippen LogP contribution is -2.40. The summed E-state index contributed by atoms with van der Waals surface area (Å²) in [5, 5.41) is 2.73. The number of hydrogen-bond acceptors (Lipinski definition) is 5. The normalized spacial score (nSPS) is 15.6. The Hall–Kier alpha value is -3.02. The molecule has 1 aliphatic heterocycles. The lowest BCUT2D eigenvalue weighted by atomic mass is 10.2. The van der Waals surface area contributed by atoms with Crippen molar-refractivity contribution in [1.29, 1.82) is 0 Å². The smallest absolute Gasteiger partial charge is 0.337 e. The molecule has 1 amide bonds. The number of amides is 1. The van der Waals surface area contributed by atoms with E-state index in [4.69, 9.17) is 9.47 Å². The summed E-state index contributed by atoms with van der Waals surface area (Å²) in [6, 6.07) is 13.6. The molecule has 0 saturated heterocycles. The lowest BCUT2D eigenvalue weighted by molar-refractivity contribution is -0.125. The largest absolute Gasteiger partial charge is 0.485 e. The van der Waals surface area contributed by atoms with Crippen LogP contribution >= 0.6 is 0 Å². The van der Waals surface area contributed by atoms with Crippen LogP contribution in [0, 0.1) is 0 Å². The predicted molar refractivity (Wildman–Crippen MR) is 82.8 cm³/mol. The summed E-state index contributed by atoms with van der Waals surface area (Å²) >= 11 is 0. The van der Waals surface area contributed by atoms with Crippen LogP contribution in [0.5, 0.6) is 11.5 Å². The van der Waals surface area contributed by atoms with Gasteiger partial charge in [-0.25, -0.2) is 4.79 Å². The van der Waals surface area contributed by atoms with Crippen molar-refractivity contribution in [3.63, 3.8) is 0 Å². The van der Waals surface area contributed by atoms with Gasteiger partial charge in [-0.2, -0.15) is 0 Å². The highest BCUT2D eigenvalue weighted by Crippen LogP contribution is 2.31.